The van der Waals surface area contributed by atoms with Crippen molar-refractivity contribution in [2.45, 2.75) is 6.92 Å². The van der Waals surface area contributed by atoms with Gasteiger partial charge in [-0.25, -0.2) is 4.79 Å². The molecule has 0 aromatic rings. The topological polar surface area (TPSA) is 41.7 Å². The van der Waals surface area contributed by atoms with E-state index < -0.39 is 5.97 Å². The number of hydrogen-bond acceptors (Lipinski definition) is 1. The van der Waals surface area contributed by atoms with Crippen molar-refractivity contribution >= 4 is 5.97 Å². The molecule has 0 saturated heterocycles. The van der Waals surface area contributed by atoms with Crippen LogP contribution in [-0.2, 0) is 4.79 Å². The number of carbonyl (C=O) groups is 1. The van der Waals surface area contributed by atoms with E-state index in [1.807, 2.05) is 0 Å². The average molecular weight is 210 g/mol. The first-order chi connectivity index (χ1) is 5.37. The van der Waals surface area contributed by atoms with Crippen molar-refractivity contribution < 1.29 is 27.2 Å². The van der Waals surface area contributed by atoms with Crippen molar-refractivity contribution in [3.8, 4) is 0 Å². The highest BCUT2D eigenvalue weighted by atomic mass is 35.5. The molecule has 3 nitrogen and oxygen atoms in total. The second-order valence-corrected chi connectivity index (χ2v) is 2.59. The van der Waals surface area contributed by atoms with Crippen LogP contribution in [0.25, 0.3) is 0 Å². The van der Waals surface area contributed by atoms with Crippen LogP contribution in [0.1, 0.15) is 6.92 Å². The predicted molar refractivity (Wildman–Crippen MR) is 52.4 cm³/mol. The van der Waals surface area contributed by atoms with Crippen LogP contribution in [0.5, 0.6) is 0 Å². The smallest absolute Gasteiger partial charge is 0.330 e. The maximum Gasteiger partial charge on any atom is 0.330 e. The second kappa shape index (κ2) is 17.3. The van der Waals surface area contributed by atoms with Crippen LogP contribution < -0.4 is 17.3 Å². The number of aliphatic carboxylic acids is 1. The minimum absolute atomic E-state index is 0. The lowest BCUT2D eigenvalue weighted by Gasteiger charge is -1.88. The summed E-state index contributed by atoms with van der Waals surface area (Å²) in [5, 5.41) is 7.89. The van der Waals surface area contributed by atoms with Gasteiger partial charge in [0.15, 0.2) is 0 Å². The molecule has 0 aliphatic carbocycles. The molecular formula is C9H20ClNO2. The summed E-state index contributed by atoms with van der Waals surface area (Å²) in [5.41, 5.74) is 0.176. The normalized spacial score (nSPS) is 6.54. The van der Waals surface area contributed by atoms with Gasteiger partial charge in [0.25, 0.3) is 0 Å². The lowest BCUT2D eigenvalue weighted by atomic mass is 10.4. The van der Waals surface area contributed by atoms with Gasteiger partial charge in [0.05, 0.1) is 21.1 Å². The van der Waals surface area contributed by atoms with Crippen molar-refractivity contribution in [1.82, 2.24) is 0 Å². The largest absolute Gasteiger partial charge is 1.00 e. The molecule has 0 bridgehead atoms. The van der Waals surface area contributed by atoms with Gasteiger partial charge in [-0.15, -0.1) is 13.2 Å². The van der Waals surface area contributed by atoms with Gasteiger partial charge in [-0.1, -0.05) is 6.58 Å². The summed E-state index contributed by atoms with van der Waals surface area (Å²) in [5.74, 6) is -0.935. The molecule has 0 aliphatic rings. The first kappa shape index (κ1) is 22.8. The molecule has 0 heterocycles. The van der Waals surface area contributed by atoms with Gasteiger partial charge in [-0.2, -0.15) is 0 Å². The molecule has 0 amide bonds. The Balaban J connectivity index is -0.0000000512. The molecule has 0 rings (SSSR count). The quantitative estimate of drug-likeness (QED) is 0.362. The van der Waals surface area contributed by atoms with E-state index in [0.717, 1.165) is 0 Å². The molecule has 0 spiro atoms. The third-order valence-corrected chi connectivity index (χ3v) is 0.365. The Labute approximate surface area is 87.2 Å². The third kappa shape index (κ3) is 92.6. The Morgan fingerprint density at radius 2 is 1.31 bits per heavy atom. The van der Waals surface area contributed by atoms with E-state index in [1.165, 1.54) is 11.8 Å². The molecule has 0 fully saturated rings. The monoisotopic (exact) mass is 209 g/mol. The van der Waals surface area contributed by atoms with E-state index in [-0.39, 0.29) is 18.0 Å². The van der Waals surface area contributed by atoms with Gasteiger partial charge >= 0.3 is 5.97 Å². The maximum absolute atomic E-state index is 9.60. The summed E-state index contributed by atoms with van der Waals surface area (Å²) in [7, 11) is 6.25. The van der Waals surface area contributed by atoms with Crippen molar-refractivity contribution in [2.75, 3.05) is 21.1 Å². The van der Waals surface area contributed by atoms with Crippen LogP contribution in [0.4, 0.5) is 0 Å². The van der Waals surface area contributed by atoms with Gasteiger partial charge < -0.3 is 22.4 Å². The Hall–Kier alpha value is -0.800. The molecule has 0 aromatic heterocycles. The Morgan fingerprint density at radius 3 is 1.31 bits per heavy atom. The highest BCUT2D eigenvalue weighted by Crippen LogP contribution is 1.81. The highest BCUT2D eigenvalue weighted by Gasteiger charge is 1.90. The zero-order valence-electron chi connectivity index (χ0n) is 8.85. The van der Waals surface area contributed by atoms with Gasteiger partial charge in [0, 0.05) is 5.57 Å². The number of rotatable bonds is 1. The summed E-state index contributed by atoms with van der Waals surface area (Å²) in [6, 6.07) is 0. The van der Waals surface area contributed by atoms with Crippen LogP contribution in [0.15, 0.2) is 25.3 Å². The van der Waals surface area contributed by atoms with E-state index in [1.54, 1.807) is 0 Å². The first-order valence-corrected chi connectivity index (χ1v) is 3.53. The van der Waals surface area contributed by atoms with E-state index in [2.05, 4.69) is 40.9 Å². The van der Waals surface area contributed by atoms with Crippen molar-refractivity contribution in [1.29, 1.82) is 0 Å². The predicted octanol–water partition coefficient (Wildman–Crippen LogP) is -2.79. The van der Waals surface area contributed by atoms with E-state index in [0.29, 0.717) is 0 Å². The van der Waals surface area contributed by atoms with Crippen LogP contribution >= 0.6 is 0 Å². The van der Waals surface area contributed by atoms with Crippen molar-refractivity contribution in [3.05, 3.63) is 25.3 Å². The summed E-state index contributed by atoms with van der Waals surface area (Å²) in [6.45, 7) is 10.6. The van der Waals surface area contributed by atoms with Crippen molar-refractivity contribution in [3.63, 3.8) is 0 Å². The van der Waals surface area contributed by atoms with E-state index in [9.17, 15) is 4.79 Å². The van der Waals surface area contributed by atoms with Gasteiger partial charge in [0.1, 0.15) is 0 Å². The van der Waals surface area contributed by atoms with Gasteiger partial charge in [-0.3, -0.25) is 0 Å². The molecule has 13 heavy (non-hydrogen) atoms. The fraction of sp³-hybridized carbons (Fsp3) is 0.444. The third-order valence-electron chi connectivity index (χ3n) is 0.365. The zero-order chi connectivity index (χ0) is 10.7. The van der Waals surface area contributed by atoms with Crippen LogP contribution in [-0.4, -0.2) is 32.2 Å². The molecule has 0 aliphatic heterocycles. The lowest BCUT2D eigenvalue weighted by Crippen LogP contribution is -3.02. The van der Waals surface area contributed by atoms with Crippen LogP contribution in [0.2, 0.25) is 0 Å². The van der Waals surface area contributed by atoms with Gasteiger partial charge in [-0.05, 0) is 6.92 Å². The summed E-state index contributed by atoms with van der Waals surface area (Å²) >= 11 is 0. The molecule has 80 valence electrons. The minimum atomic E-state index is -0.935. The molecular weight excluding hydrogens is 190 g/mol. The molecule has 0 atom stereocenters. The molecule has 0 radical (unpaired) electrons. The lowest BCUT2D eigenvalue weighted by molar-refractivity contribution is -0.836. The SMILES string of the molecule is C=C.C=C(C)C(=O)O.C[NH+](C)C.[Cl-]. The molecule has 0 unspecified atom stereocenters. The maximum atomic E-state index is 9.60. The van der Waals surface area contributed by atoms with Crippen LogP contribution in [0.3, 0.4) is 0 Å². The minimum Gasteiger partial charge on any atom is -1.00 e. The molecule has 0 saturated carbocycles. The second-order valence-electron chi connectivity index (χ2n) is 2.59. The number of carboxylic acids is 1. The summed E-state index contributed by atoms with van der Waals surface area (Å²) < 4.78 is 0. The number of quaternary nitrogens is 1. The average Bonchev–Trinajstić information content (AvgIpc) is 1.90. The number of nitrogens with one attached hydrogen (secondary N) is 1. The van der Waals surface area contributed by atoms with Crippen LogP contribution in [0, 0.1) is 0 Å². The fourth-order valence-corrected chi connectivity index (χ4v) is 0. The van der Waals surface area contributed by atoms with E-state index in [4.69, 9.17) is 5.11 Å². The number of carboxylic acid groups (broad SMARTS) is 1. The molecule has 0 aromatic carbocycles. The van der Waals surface area contributed by atoms with Crippen molar-refractivity contribution in [2.24, 2.45) is 0 Å². The summed E-state index contributed by atoms with van der Waals surface area (Å²) in [4.78, 5) is 11.0. The summed E-state index contributed by atoms with van der Waals surface area (Å²) in [6.07, 6.45) is 0. The first-order valence-electron chi connectivity index (χ1n) is 3.53. The number of halogens is 1. The zero-order valence-corrected chi connectivity index (χ0v) is 9.61. The Bertz CT molecular complexity index is 121. The Morgan fingerprint density at radius 1 is 1.23 bits per heavy atom. The number of hydrogen-bond donors (Lipinski definition) is 2. The van der Waals surface area contributed by atoms with Gasteiger partial charge in [0.2, 0.25) is 0 Å². The standard InChI is InChI=1S/C4H6O2.C3H9N.C2H4.ClH/c1-3(2)4(5)6;1-4(2)3;1-2;/h1H2,2H3,(H,5,6);1-3H3;1-2H2;1H. The highest BCUT2D eigenvalue weighted by molar-refractivity contribution is 5.84. The Kier molecular flexibility index (Phi) is 30.3. The molecule has 2 N–H and O–H groups in total. The fourth-order valence-electron chi connectivity index (χ4n) is 0. The van der Waals surface area contributed by atoms with E-state index >= 15 is 0 Å². The molecule has 4 heteroatoms.